The van der Waals surface area contributed by atoms with E-state index in [4.69, 9.17) is 4.52 Å². The molecule has 2 rings (SSSR count). The number of hydrogen-bond acceptors (Lipinski definition) is 3. The van der Waals surface area contributed by atoms with Gasteiger partial charge in [-0.15, -0.1) is 0 Å². The highest BCUT2D eigenvalue weighted by Gasteiger charge is 2.30. The Morgan fingerprint density at radius 2 is 2.05 bits per heavy atom. The number of aryl methyl sites for hydroxylation is 2. The van der Waals surface area contributed by atoms with Gasteiger partial charge in [0, 0.05) is 17.8 Å². The molecule has 0 saturated carbocycles. The summed E-state index contributed by atoms with van der Waals surface area (Å²) in [6, 6.07) is 3.96. The summed E-state index contributed by atoms with van der Waals surface area (Å²) in [5.74, 6) is 0.635. The number of carbonyl (C=O) groups is 1. The van der Waals surface area contributed by atoms with Gasteiger partial charge >= 0.3 is 0 Å². The van der Waals surface area contributed by atoms with E-state index in [0.717, 1.165) is 17.0 Å². The molecule has 2 heterocycles. The minimum absolute atomic E-state index is 0.0984. The van der Waals surface area contributed by atoms with Gasteiger partial charge in [0.25, 0.3) is 5.91 Å². The molecule has 0 saturated heterocycles. The predicted molar refractivity (Wildman–Crippen MR) is 81.3 cm³/mol. The second-order valence-corrected chi connectivity index (χ2v) is 6.17. The lowest BCUT2D eigenvalue weighted by Gasteiger charge is -2.27. The molecule has 0 unspecified atom stereocenters. The number of nitrogens with zero attached hydrogens (tertiary/aromatic N) is 2. The van der Waals surface area contributed by atoms with Crippen LogP contribution >= 0.6 is 0 Å². The molecule has 2 aromatic heterocycles. The third kappa shape index (κ3) is 2.86. The number of nitrogens with one attached hydrogen (secondary N) is 1. The maximum atomic E-state index is 12.6. The third-order valence-electron chi connectivity index (χ3n) is 3.65. The topological polar surface area (TPSA) is 60.1 Å². The average molecular weight is 289 g/mol. The number of carbonyl (C=O) groups excluding carboxylic acids is 1. The van der Waals surface area contributed by atoms with Crippen molar-refractivity contribution < 1.29 is 9.32 Å². The van der Waals surface area contributed by atoms with Gasteiger partial charge in [-0.1, -0.05) is 5.16 Å². The molecule has 0 aliphatic carbocycles. The SMILES string of the molecule is Cc1noc(C)c1C(C)(C)NC(=O)c1cccn1C(C)C. The summed E-state index contributed by atoms with van der Waals surface area (Å²) < 4.78 is 7.17. The number of rotatable bonds is 4. The van der Waals surface area contributed by atoms with E-state index in [1.807, 2.05) is 50.6 Å². The maximum Gasteiger partial charge on any atom is 0.268 e. The first kappa shape index (κ1) is 15.4. The lowest BCUT2D eigenvalue weighted by Crippen LogP contribution is -2.42. The predicted octanol–water partition coefficient (Wildman–Crippen LogP) is 3.34. The number of amides is 1. The summed E-state index contributed by atoms with van der Waals surface area (Å²) in [6.45, 7) is 11.8. The van der Waals surface area contributed by atoms with Crippen LogP contribution in [0, 0.1) is 13.8 Å². The largest absolute Gasteiger partial charge is 0.361 e. The van der Waals surface area contributed by atoms with Gasteiger partial charge in [-0.3, -0.25) is 4.79 Å². The van der Waals surface area contributed by atoms with Gasteiger partial charge in [-0.25, -0.2) is 0 Å². The van der Waals surface area contributed by atoms with Crippen molar-refractivity contribution in [1.29, 1.82) is 0 Å². The van der Waals surface area contributed by atoms with E-state index in [9.17, 15) is 4.79 Å². The molecular formula is C16H23N3O2. The molecule has 0 fully saturated rings. The zero-order valence-electron chi connectivity index (χ0n) is 13.5. The molecule has 0 atom stereocenters. The monoisotopic (exact) mass is 289 g/mol. The van der Waals surface area contributed by atoms with Crippen LogP contribution in [0.2, 0.25) is 0 Å². The van der Waals surface area contributed by atoms with Crippen LogP contribution in [0.4, 0.5) is 0 Å². The van der Waals surface area contributed by atoms with Crippen LogP contribution < -0.4 is 5.32 Å². The summed E-state index contributed by atoms with van der Waals surface area (Å²) in [5, 5.41) is 7.04. The Bertz CT molecular complexity index is 631. The van der Waals surface area contributed by atoms with Crippen molar-refractivity contribution in [2.45, 2.75) is 53.1 Å². The molecule has 0 aromatic carbocycles. The van der Waals surface area contributed by atoms with Gasteiger partial charge in [0.1, 0.15) is 11.5 Å². The zero-order valence-corrected chi connectivity index (χ0v) is 13.5. The van der Waals surface area contributed by atoms with Gasteiger partial charge in [-0.05, 0) is 53.7 Å². The highest BCUT2D eigenvalue weighted by molar-refractivity contribution is 5.93. The first-order valence-electron chi connectivity index (χ1n) is 7.16. The van der Waals surface area contributed by atoms with Crippen molar-refractivity contribution in [2.75, 3.05) is 0 Å². The van der Waals surface area contributed by atoms with E-state index in [-0.39, 0.29) is 11.9 Å². The molecule has 2 aromatic rings. The van der Waals surface area contributed by atoms with Crippen LogP contribution in [0.5, 0.6) is 0 Å². The lowest BCUT2D eigenvalue weighted by molar-refractivity contribution is 0.0900. The fourth-order valence-electron chi connectivity index (χ4n) is 2.82. The first-order valence-corrected chi connectivity index (χ1v) is 7.16. The van der Waals surface area contributed by atoms with E-state index in [2.05, 4.69) is 24.3 Å². The van der Waals surface area contributed by atoms with Crippen LogP contribution in [-0.4, -0.2) is 15.6 Å². The summed E-state index contributed by atoms with van der Waals surface area (Å²) in [5.41, 5.74) is 1.84. The van der Waals surface area contributed by atoms with E-state index >= 15 is 0 Å². The number of aromatic nitrogens is 2. The highest BCUT2D eigenvalue weighted by Crippen LogP contribution is 2.27. The molecule has 1 N–H and O–H groups in total. The van der Waals surface area contributed by atoms with E-state index < -0.39 is 5.54 Å². The van der Waals surface area contributed by atoms with Crippen LogP contribution in [0.25, 0.3) is 0 Å². The van der Waals surface area contributed by atoms with E-state index in [0.29, 0.717) is 5.69 Å². The lowest BCUT2D eigenvalue weighted by atomic mass is 9.92. The molecule has 0 aliphatic heterocycles. The van der Waals surface area contributed by atoms with Gasteiger partial charge in [0.05, 0.1) is 11.2 Å². The van der Waals surface area contributed by atoms with Crippen molar-refractivity contribution in [3.8, 4) is 0 Å². The fourth-order valence-corrected chi connectivity index (χ4v) is 2.82. The molecule has 0 bridgehead atoms. The second-order valence-electron chi connectivity index (χ2n) is 6.17. The average Bonchev–Trinajstić information content (AvgIpc) is 2.95. The molecule has 5 nitrogen and oxygen atoms in total. The molecule has 114 valence electrons. The van der Waals surface area contributed by atoms with Crippen LogP contribution in [0.15, 0.2) is 22.9 Å². The highest BCUT2D eigenvalue weighted by atomic mass is 16.5. The van der Waals surface area contributed by atoms with Crippen LogP contribution in [-0.2, 0) is 5.54 Å². The molecule has 5 heteroatoms. The molecular weight excluding hydrogens is 266 g/mol. The van der Waals surface area contributed by atoms with Gasteiger partial charge in [-0.2, -0.15) is 0 Å². The summed E-state index contributed by atoms with van der Waals surface area (Å²) in [7, 11) is 0. The molecule has 0 spiro atoms. The van der Waals surface area contributed by atoms with Crippen LogP contribution in [0.1, 0.15) is 61.2 Å². The standard InChI is InChI=1S/C16H23N3O2/c1-10(2)19-9-7-8-13(19)15(20)17-16(5,6)14-11(3)18-21-12(14)4/h7-10H,1-6H3,(H,17,20). The molecule has 21 heavy (non-hydrogen) atoms. The van der Waals surface area contributed by atoms with Crippen molar-refractivity contribution in [3.63, 3.8) is 0 Å². The van der Waals surface area contributed by atoms with E-state index in [1.54, 1.807) is 0 Å². The molecule has 0 radical (unpaired) electrons. The van der Waals surface area contributed by atoms with Gasteiger partial charge in [0.15, 0.2) is 0 Å². The zero-order chi connectivity index (χ0) is 15.8. The molecule has 0 aliphatic rings. The smallest absolute Gasteiger partial charge is 0.268 e. The summed E-state index contributed by atoms with van der Waals surface area (Å²) in [4.78, 5) is 12.6. The maximum absolute atomic E-state index is 12.6. The Morgan fingerprint density at radius 1 is 1.38 bits per heavy atom. The Morgan fingerprint density at radius 3 is 2.57 bits per heavy atom. The minimum Gasteiger partial charge on any atom is -0.361 e. The van der Waals surface area contributed by atoms with Crippen molar-refractivity contribution in [1.82, 2.24) is 15.0 Å². The Kier molecular flexibility index (Phi) is 3.94. The summed E-state index contributed by atoms with van der Waals surface area (Å²) in [6.07, 6.45) is 1.92. The Balaban J connectivity index is 2.28. The van der Waals surface area contributed by atoms with Gasteiger partial charge in [0.2, 0.25) is 0 Å². The third-order valence-corrected chi connectivity index (χ3v) is 3.65. The fraction of sp³-hybridized carbons (Fsp3) is 0.500. The normalized spacial score (nSPS) is 12.0. The number of hydrogen-bond donors (Lipinski definition) is 1. The minimum atomic E-state index is -0.544. The van der Waals surface area contributed by atoms with Gasteiger partial charge < -0.3 is 14.4 Å². The van der Waals surface area contributed by atoms with Crippen molar-refractivity contribution in [2.24, 2.45) is 0 Å². The summed E-state index contributed by atoms with van der Waals surface area (Å²) >= 11 is 0. The quantitative estimate of drug-likeness (QED) is 0.939. The Labute approximate surface area is 125 Å². The van der Waals surface area contributed by atoms with Crippen LogP contribution in [0.3, 0.4) is 0 Å². The first-order chi connectivity index (χ1) is 9.74. The van der Waals surface area contributed by atoms with Crippen molar-refractivity contribution in [3.05, 3.63) is 41.0 Å². The Hall–Kier alpha value is -2.04. The molecule has 1 amide bonds. The van der Waals surface area contributed by atoms with E-state index in [1.165, 1.54) is 0 Å². The second kappa shape index (κ2) is 5.39. The van der Waals surface area contributed by atoms with Crippen molar-refractivity contribution >= 4 is 5.91 Å².